The minimum absolute atomic E-state index is 0.0339. The predicted octanol–water partition coefficient (Wildman–Crippen LogP) is 2.46. The van der Waals surface area contributed by atoms with Crippen molar-refractivity contribution in [2.75, 3.05) is 25.5 Å². The number of halogens is 1. The summed E-state index contributed by atoms with van der Waals surface area (Å²) < 4.78 is 13.1. The van der Waals surface area contributed by atoms with Crippen LogP contribution in [0.2, 0.25) is 0 Å². The summed E-state index contributed by atoms with van der Waals surface area (Å²) in [6.07, 6.45) is 0. The minimum Gasteiger partial charge on any atom is -0.347 e. The monoisotopic (exact) mass is 320 g/mol. The number of rotatable bonds is 3. The fourth-order valence-electron chi connectivity index (χ4n) is 2.63. The van der Waals surface area contributed by atoms with Gasteiger partial charge >= 0.3 is 0 Å². The maximum Gasteiger partial charge on any atom is 0.243 e. The third-order valence-corrected chi connectivity index (χ3v) is 4.87. The zero-order chi connectivity index (χ0) is 17.3. The molecule has 1 fully saturated rings. The van der Waals surface area contributed by atoms with Crippen LogP contribution in [-0.2, 0) is 4.79 Å². The number of benzene rings is 1. The van der Waals surface area contributed by atoms with Gasteiger partial charge in [0, 0.05) is 30.2 Å². The van der Waals surface area contributed by atoms with Crippen molar-refractivity contribution >= 4 is 17.6 Å². The highest BCUT2D eigenvalue weighted by Crippen LogP contribution is 2.46. The topological polar surface area (TPSA) is 56.7 Å². The van der Waals surface area contributed by atoms with Gasteiger partial charge in [-0.25, -0.2) is 4.39 Å². The number of nitrogens with one attached hydrogen (secondary N) is 2. The van der Waals surface area contributed by atoms with Crippen molar-refractivity contribution in [2.45, 2.75) is 33.2 Å². The zero-order valence-corrected chi connectivity index (χ0v) is 14.4. The molecule has 0 saturated carbocycles. The van der Waals surface area contributed by atoms with Crippen molar-refractivity contribution in [3.05, 3.63) is 30.1 Å². The van der Waals surface area contributed by atoms with Crippen LogP contribution < -0.4 is 10.6 Å². The highest BCUT2D eigenvalue weighted by atomic mass is 19.1. The van der Waals surface area contributed by atoms with Crippen LogP contribution >= 0.6 is 0 Å². The van der Waals surface area contributed by atoms with E-state index >= 15 is 0 Å². The predicted molar refractivity (Wildman–Crippen MR) is 91.0 cm³/mol. The van der Waals surface area contributed by atoms with Gasteiger partial charge in [-0.05, 0) is 32.0 Å². The van der Waals surface area contributed by atoms with E-state index in [4.69, 9.17) is 0 Å². The van der Waals surface area contributed by atoms with Crippen LogP contribution in [0.15, 0.2) is 29.3 Å². The van der Waals surface area contributed by atoms with Gasteiger partial charge in [-0.15, -0.1) is 0 Å². The summed E-state index contributed by atoms with van der Waals surface area (Å²) in [5, 5.41) is 5.73. The first-order valence-electron chi connectivity index (χ1n) is 7.71. The van der Waals surface area contributed by atoms with Crippen LogP contribution in [0, 0.1) is 11.2 Å². The Bertz CT molecular complexity index is 625. The summed E-state index contributed by atoms with van der Waals surface area (Å²) in [5.74, 6) is 0.0780. The lowest BCUT2D eigenvalue weighted by Gasteiger charge is -2.62. The Morgan fingerprint density at radius 2 is 2.04 bits per heavy atom. The lowest BCUT2D eigenvalue weighted by Crippen LogP contribution is -2.72. The molecule has 1 aliphatic rings. The second kappa shape index (κ2) is 6.18. The second-order valence-electron chi connectivity index (χ2n) is 6.99. The van der Waals surface area contributed by atoms with Gasteiger partial charge < -0.3 is 15.5 Å². The van der Waals surface area contributed by atoms with E-state index in [2.05, 4.69) is 48.2 Å². The van der Waals surface area contributed by atoms with Crippen LogP contribution in [0.1, 0.15) is 27.7 Å². The smallest absolute Gasteiger partial charge is 0.243 e. The molecule has 5 nitrogen and oxygen atoms in total. The van der Waals surface area contributed by atoms with Crippen LogP contribution in [0.5, 0.6) is 0 Å². The number of hydrogen-bond acceptors (Lipinski definition) is 2. The van der Waals surface area contributed by atoms with Crippen molar-refractivity contribution in [1.82, 2.24) is 10.2 Å². The van der Waals surface area contributed by atoms with E-state index in [1.165, 1.54) is 12.1 Å². The van der Waals surface area contributed by atoms with E-state index in [1.54, 1.807) is 19.2 Å². The Kier molecular flexibility index (Phi) is 4.63. The molecule has 2 rings (SSSR count). The van der Waals surface area contributed by atoms with Crippen molar-refractivity contribution in [3.8, 4) is 0 Å². The molecular formula is C17H25FN4O. The standard InChI is InChI=1S/C17H25FN4O/c1-16(2)11-22(17(16,3)4)15(19-5)20-10-14(23)21-13-8-6-7-12(18)9-13/h6-9H,10-11H2,1-5H3,(H,19,20)(H,21,23). The second-order valence-corrected chi connectivity index (χ2v) is 6.99. The third kappa shape index (κ3) is 3.46. The SMILES string of the molecule is CN=C(NCC(=O)Nc1cccc(F)c1)N1CC(C)(C)C1(C)C. The molecule has 0 aromatic heterocycles. The number of carbonyl (C=O) groups is 1. The molecule has 1 aromatic rings. The first-order chi connectivity index (χ1) is 10.7. The quantitative estimate of drug-likeness (QED) is 0.664. The molecule has 0 aliphatic carbocycles. The van der Waals surface area contributed by atoms with E-state index in [-0.39, 0.29) is 29.2 Å². The number of nitrogens with zero attached hydrogens (tertiary/aromatic N) is 2. The fourth-order valence-corrected chi connectivity index (χ4v) is 2.63. The summed E-state index contributed by atoms with van der Waals surface area (Å²) in [5.41, 5.74) is 0.597. The molecule has 1 heterocycles. The normalized spacial score (nSPS) is 19.0. The Morgan fingerprint density at radius 1 is 1.35 bits per heavy atom. The number of likely N-dealkylation sites (tertiary alicyclic amines) is 1. The molecule has 126 valence electrons. The van der Waals surface area contributed by atoms with E-state index in [9.17, 15) is 9.18 Å². The lowest BCUT2D eigenvalue weighted by atomic mass is 9.65. The average molecular weight is 320 g/mol. The Morgan fingerprint density at radius 3 is 2.57 bits per heavy atom. The van der Waals surface area contributed by atoms with Crippen molar-refractivity contribution < 1.29 is 9.18 Å². The van der Waals surface area contributed by atoms with E-state index in [0.717, 1.165) is 6.54 Å². The largest absolute Gasteiger partial charge is 0.347 e. The van der Waals surface area contributed by atoms with Gasteiger partial charge in [0.15, 0.2) is 5.96 Å². The summed E-state index contributed by atoms with van der Waals surface area (Å²) >= 11 is 0. The number of carbonyl (C=O) groups excluding carboxylic acids is 1. The first-order valence-corrected chi connectivity index (χ1v) is 7.71. The van der Waals surface area contributed by atoms with Crippen LogP contribution in [0.25, 0.3) is 0 Å². The maximum absolute atomic E-state index is 13.1. The molecular weight excluding hydrogens is 295 g/mol. The van der Waals surface area contributed by atoms with Gasteiger partial charge in [-0.2, -0.15) is 0 Å². The van der Waals surface area contributed by atoms with Gasteiger partial charge in [0.2, 0.25) is 5.91 Å². The number of amides is 1. The number of anilines is 1. The summed E-state index contributed by atoms with van der Waals surface area (Å²) in [4.78, 5) is 18.4. The molecule has 1 amide bonds. The molecule has 0 atom stereocenters. The molecule has 2 N–H and O–H groups in total. The molecule has 6 heteroatoms. The minimum atomic E-state index is -0.379. The molecule has 0 bridgehead atoms. The van der Waals surface area contributed by atoms with Gasteiger partial charge in [0.1, 0.15) is 5.82 Å². The van der Waals surface area contributed by atoms with Gasteiger partial charge in [-0.1, -0.05) is 19.9 Å². The molecule has 1 aromatic carbocycles. The van der Waals surface area contributed by atoms with Crippen LogP contribution in [-0.4, -0.2) is 42.4 Å². The summed E-state index contributed by atoms with van der Waals surface area (Å²) in [6, 6.07) is 5.83. The molecule has 0 radical (unpaired) electrons. The highest BCUT2D eigenvalue weighted by molar-refractivity contribution is 5.95. The number of aliphatic imine (C=N–C) groups is 1. The number of guanidine groups is 1. The molecule has 1 aliphatic heterocycles. The zero-order valence-electron chi connectivity index (χ0n) is 14.4. The highest BCUT2D eigenvalue weighted by Gasteiger charge is 2.53. The van der Waals surface area contributed by atoms with Crippen molar-refractivity contribution in [1.29, 1.82) is 0 Å². The van der Waals surface area contributed by atoms with Gasteiger partial charge in [0.25, 0.3) is 0 Å². The lowest BCUT2D eigenvalue weighted by molar-refractivity contribution is -0.115. The fraction of sp³-hybridized carbons (Fsp3) is 0.529. The van der Waals surface area contributed by atoms with Crippen LogP contribution in [0.3, 0.4) is 0 Å². The average Bonchev–Trinajstić information content (AvgIpc) is 2.46. The summed E-state index contributed by atoms with van der Waals surface area (Å²) in [6.45, 7) is 9.72. The molecule has 23 heavy (non-hydrogen) atoms. The van der Waals surface area contributed by atoms with Crippen molar-refractivity contribution in [3.63, 3.8) is 0 Å². The summed E-state index contributed by atoms with van der Waals surface area (Å²) in [7, 11) is 1.70. The van der Waals surface area contributed by atoms with Gasteiger partial charge in [-0.3, -0.25) is 9.79 Å². The van der Waals surface area contributed by atoms with E-state index < -0.39 is 0 Å². The Labute approximate surface area is 137 Å². The number of hydrogen-bond donors (Lipinski definition) is 2. The molecule has 0 unspecified atom stereocenters. The van der Waals surface area contributed by atoms with Gasteiger partial charge in [0.05, 0.1) is 6.54 Å². The molecule has 0 spiro atoms. The van der Waals surface area contributed by atoms with Crippen molar-refractivity contribution in [2.24, 2.45) is 10.4 Å². The molecule has 1 saturated heterocycles. The maximum atomic E-state index is 13.1. The third-order valence-electron chi connectivity index (χ3n) is 4.87. The van der Waals surface area contributed by atoms with E-state index in [1.807, 2.05) is 0 Å². The Hall–Kier alpha value is -2.11. The first kappa shape index (κ1) is 17.2. The van der Waals surface area contributed by atoms with E-state index in [0.29, 0.717) is 11.6 Å². The Balaban J connectivity index is 1.91. The van der Waals surface area contributed by atoms with Crippen LogP contribution in [0.4, 0.5) is 10.1 Å².